The SMILES string of the molecule is Cc1c(Nc2ncc3cc(Cl)c(C4CCN(C5CCOC5)CC4)cc3n2)cnn1C1CC1. The number of piperidine rings is 1. The molecule has 7 nitrogen and oxygen atoms in total. The van der Waals surface area contributed by atoms with Gasteiger partial charge < -0.3 is 10.1 Å². The molecule has 4 heterocycles. The number of fused-ring (bicyclic) bond motifs is 1. The summed E-state index contributed by atoms with van der Waals surface area (Å²) in [5.74, 6) is 1.07. The topological polar surface area (TPSA) is 68.1 Å². The molecule has 2 aromatic heterocycles. The van der Waals surface area contributed by atoms with Crippen LogP contribution in [0.1, 0.15) is 55.3 Å². The van der Waals surface area contributed by atoms with Crippen molar-refractivity contribution in [2.45, 2.75) is 57.0 Å². The van der Waals surface area contributed by atoms with Crippen LogP contribution in [0, 0.1) is 6.92 Å². The van der Waals surface area contributed by atoms with Gasteiger partial charge in [0.2, 0.25) is 5.95 Å². The van der Waals surface area contributed by atoms with Crippen LogP contribution in [0.3, 0.4) is 0 Å². The third-order valence-corrected chi connectivity index (χ3v) is 7.60. The largest absolute Gasteiger partial charge is 0.380 e. The molecule has 3 fully saturated rings. The first-order chi connectivity index (χ1) is 15.7. The Morgan fingerprint density at radius 3 is 2.66 bits per heavy atom. The molecule has 6 rings (SSSR count). The zero-order valence-electron chi connectivity index (χ0n) is 18.4. The molecule has 2 aliphatic heterocycles. The molecule has 32 heavy (non-hydrogen) atoms. The predicted octanol–water partition coefficient (Wildman–Crippen LogP) is 4.83. The highest BCUT2D eigenvalue weighted by molar-refractivity contribution is 6.32. The molecule has 1 atom stereocenters. The van der Waals surface area contributed by atoms with E-state index in [9.17, 15) is 0 Å². The molecule has 1 unspecified atom stereocenters. The monoisotopic (exact) mass is 452 g/mol. The second-order valence-electron chi connectivity index (χ2n) is 9.40. The summed E-state index contributed by atoms with van der Waals surface area (Å²) < 4.78 is 7.68. The number of aromatic nitrogens is 4. The Kier molecular flexibility index (Phi) is 5.28. The molecule has 8 heteroatoms. The van der Waals surface area contributed by atoms with Crippen LogP contribution in [-0.4, -0.2) is 57.0 Å². The van der Waals surface area contributed by atoms with Crippen molar-refractivity contribution in [3.8, 4) is 0 Å². The summed E-state index contributed by atoms with van der Waals surface area (Å²) in [5, 5.41) is 9.68. The minimum absolute atomic E-state index is 0.468. The van der Waals surface area contributed by atoms with E-state index < -0.39 is 0 Å². The molecule has 0 spiro atoms. The van der Waals surface area contributed by atoms with Crippen molar-refractivity contribution in [1.29, 1.82) is 0 Å². The van der Waals surface area contributed by atoms with Crippen molar-refractivity contribution < 1.29 is 4.74 Å². The van der Waals surface area contributed by atoms with E-state index in [4.69, 9.17) is 21.3 Å². The Morgan fingerprint density at radius 2 is 1.91 bits per heavy atom. The molecule has 2 saturated heterocycles. The third kappa shape index (κ3) is 3.87. The van der Waals surface area contributed by atoms with Crippen molar-refractivity contribution in [3.05, 3.63) is 40.8 Å². The fourth-order valence-corrected chi connectivity index (χ4v) is 5.51. The Morgan fingerprint density at radius 1 is 1.06 bits per heavy atom. The van der Waals surface area contributed by atoms with Gasteiger partial charge in [0, 0.05) is 29.3 Å². The van der Waals surface area contributed by atoms with Gasteiger partial charge in [-0.25, -0.2) is 9.97 Å². The molecule has 0 amide bonds. The van der Waals surface area contributed by atoms with E-state index in [1.807, 2.05) is 18.5 Å². The van der Waals surface area contributed by atoms with Crippen molar-refractivity contribution >= 4 is 34.1 Å². The van der Waals surface area contributed by atoms with Crippen LogP contribution in [0.2, 0.25) is 5.02 Å². The first-order valence-corrected chi connectivity index (χ1v) is 12.1. The highest BCUT2D eigenvalue weighted by Crippen LogP contribution is 2.38. The van der Waals surface area contributed by atoms with Crippen LogP contribution < -0.4 is 5.32 Å². The van der Waals surface area contributed by atoms with E-state index in [0.717, 1.165) is 72.9 Å². The highest BCUT2D eigenvalue weighted by atomic mass is 35.5. The van der Waals surface area contributed by atoms with Crippen LogP contribution >= 0.6 is 11.6 Å². The quantitative estimate of drug-likeness (QED) is 0.597. The lowest BCUT2D eigenvalue weighted by molar-refractivity contribution is 0.122. The zero-order valence-corrected chi connectivity index (χ0v) is 19.2. The summed E-state index contributed by atoms with van der Waals surface area (Å²) >= 11 is 6.71. The highest BCUT2D eigenvalue weighted by Gasteiger charge is 2.29. The number of halogens is 1. The van der Waals surface area contributed by atoms with Gasteiger partial charge in [-0.1, -0.05) is 11.6 Å². The standard InChI is InChI=1S/C24H29ClN6O/c1-15-23(13-27-31(15)18-2-3-18)29-24-26-12-17-10-21(25)20(11-22(17)28-24)16-4-7-30(8-5-16)19-6-9-32-14-19/h10-13,16,18-19H,2-9,14H2,1H3,(H,26,28,29). The van der Waals surface area contributed by atoms with Crippen molar-refractivity contribution in [2.24, 2.45) is 0 Å². The fraction of sp³-hybridized carbons (Fsp3) is 0.542. The van der Waals surface area contributed by atoms with E-state index in [1.165, 1.54) is 18.4 Å². The average Bonchev–Trinajstić information content (AvgIpc) is 3.37. The van der Waals surface area contributed by atoms with Gasteiger partial charge in [-0.05, 0) is 75.7 Å². The van der Waals surface area contributed by atoms with Gasteiger partial charge in [0.25, 0.3) is 0 Å². The van der Waals surface area contributed by atoms with Crippen LogP contribution in [0.25, 0.3) is 10.9 Å². The van der Waals surface area contributed by atoms with Gasteiger partial charge in [-0.2, -0.15) is 5.10 Å². The summed E-state index contributed by atoms with van der Waals surface area (Å²) in [6, 6.07) is 5.34. The van der Waals surface area contributed by atoms with Crippen LogP contribution in [0.5, 0.6) is 0 Å². The van der Waals surface area contributed by atoms with Crippen LogP contribution in [-0.2, 0) is 4.74 Å². The van der Waals surface area contributed by atoms with Gasteiger partial charge in [0.15, 0.2) is 0 Å². The lowest BCUT2D eigenvalue weighted by atomic mass is 9.88. The Bertz CT molecular complexity index is 1130. The number of rotatable bonds is 5. The summed E-state index contributed by atoms with van der Waals surface area (Å²) in [7, 11) is 0. The van der Waals surface area contributed by atoms with E-state index in [1.54, 1.807) is 0 Å². The molecule has 1 aromatic carbocycles. The molecule has 3 aromatic rings. The first-order valence-electron chi connectivity index (χ1n) is 11.7. The van der Waals surface area contributed by atoms with Crippen LogP contribution in [0.15, 0.2) is 24.5 Å². The van der Waals surface area contributed by atoms with Gasteiger partial charge in [-0.15, -0.1) is 0 Å². The molecular weight excluding hydrogens is 424 g/mol. The summed E-state index contributed by atoms with van der Waals surface area (Å²) in [6.07, 6.45) is 9.56. The lowest BCUT2D eigenvalue weighted by Gasteiger charge is -2.35. The predicted molar refractivity (Wildman–Crippen MR) is 126 cm³/mol. The van der Waals surface area contributed by atoms with Crippen LogP contribution in [0.4, 0.5) is 11.6 Å². The van der Waals surface area contributed by atoms with Gasteiger partial charge in [-0.3, -0.25) is 9.58 Å². The van der Waals surface area contributed by atoms with Crippen molar-refractivity contribution in [1.82, 2.24) is 24.6 Å². The Hall–Kier alpha value is -2.22. The molecule has 0 radical (unpaired) electrons. The number of ether oxygens (including phenoxy) is 1. The minimum Gasteiger partial charge on any atom is -0.380 e. The molecule has 0 bridgehead atoms. The molecule has 1 aliphatic carbocycles. The molecule has 3 aliphatic rings. The summed E-state index contributed by atoms with van der Waals surface area (Å²) in [4.78, 5) is 11.9. The molecule has 1 saturated carbocycles. The van der Waals surface area contributed by atoms with Crippen molar-refractivity contribution in [2.75, 3.05) is 31.6 Å². The Balaban J connectivity index is 1.21. The molecule has 168 valence electrons. The van der Waals surface area contributed by atoms with Crippen molar-refractivity contribution in [3.63, 3.8) is 0 Å². The lowest BCUT2D eigenvalue weighted by Crippen LogP contribution is -2.41. The maximum atomic E-state index is 6.71. The van der Waals surface area contributed by atoms with E-state index in [-0.39, 0.29) is 0 Å². The number of nitrogens with zero attached hydrogens (tertiary/aromatic N) is 5. The zero-order chi connectivity index (χ0) is 21.7. The van der Waals surface area contributed by atoms with Gasteiger partial charge in [0.05, 0.1) is 35.7 Å². The summed E-state index contributed by atoms with van der Waals surface area (Å²) in [6.45, 7) is 6.09. The second kappa shape index (κ2) is 8.28. The summed E-state index contributed by atoms with van der Waals surface area (Å²) in [5.41, 5.74) is 4.24. The number of nitrogens with one attached hydrogen (secondary N) is 1. The van der Waals surface area contributed by atoms with Gasteiger partial charge in [0.1, 0.15) is 0 Å². The van der Waals surface area contributed by atoms with E-state index >= 15 is 0 Å². The smallest absolute Gasteiger partial charge is 0.227 e. The third-order valence-electron chi connectivity index (χ3n) is 7.27. The maximum Gasteiger partial charge on any atom is 0.227 e. The number of benzene rings is 1. The van der Waals surface area contributed by atoms with E-state index in [0.29, 0.717) is 23.9 Å². The van der Waals surface area contributed by atoms with Gasteiger partial charge >= 0.3 is 0 Å². The number of hydrogen-bond acceptors (Lipinski definition) is 6. The number of anilines is 2. The second-order valence-corrected chi connectivity index (χ2v) is 9.81. The average molecular weight is 453 g/mol. The Labute approximate surface area is 193 Å². The maximum absolute atomic E-state index is 6.71. The normalized spacial score (nSPS) is 22.6. The number of likely N-dealkylation sites (tertiary alicyclic amines) is 1. The first kappa shape index (κ1) is 20.4. The fourth-order valence-electron chi connectivity index (χ4n) is 5.18. The molecule has 1 N–H and O–H groups in total. The van der Waals surface area contributed by atoms with E-state index in [2.05, 4.69) is 38.0 Å². The number of hydrogen-bond donors (Lipinski definition) is 1. The minimum atomic E-state index is 0.468. The molecular formula is C24H29ClN6O.